The number of likely N-dealkylation sites (N-methyl/N-ethyl adjacent to an activating group) is 1. The second kappa shape index (κ2) is 5.94. The standard InChI is InChI=1S/C9H20N2O2/c1-9(2,7-12)6-8(13)11-5-4-10-3/h10,12H,4-7H2,1-3H3,(H,11,13). The molecule has 4 nitrogen and oxygen atoms in total. The maximum atomic E-state index is 11.2. The summed E-state index contributed by atoms with van der Waals surface area (Å²) in [6.45, 7) is 5.17. The Bertz CT molecular complexity index is 158. The first kappa shape index (κ1) is 12.4. The van der Waals surface area contributed by atoms with Crippen LogP contribution in [-0.2, 0) is 4.79 Å². The normalized spacial score (nSPS) is 11.4. The summed E-state index contributed by atoms with van der Waals surface area (Å²) in [5.74, 6) is -0.00528. The minimum atomic E-state index is -0.316. The third kappa shape index (κ3) is 6.54. The van der Waals surface area contributed by atoms with Gasteiger partial charge in [0.15, 0.2) is 0 Å². The molecule has 0 aromatic rings. The summed E-state index contributed by atoms with van der Waals surface area (Å²) in [7, 11) is 1.84. The zero-order chi connectivity index (χ0) is 10.3. The Morgan fingerprint density at radius 3 is 2.46 bits per heavy atom. The lowest BCUT2D eigenvalue weighted by atomic mass is 9.90. The van der Waals surface area contributed by atoms with Gasteiger partial charge in [0, 0.05) is 26.1 Å². The molecule has 0 radical (unpaired) electrons. The average Bonchev–Trinajstić information content (AvgIpc) is 2.04. The zero-order valence-electron chi connectivity index (χ0n) is 8.68. The van der Waals surface area contributed by atoms with Crippen LogP contribution in [0.25, 0.3) is 0 Å². The fraction of sp³-hybridized carbons (Fsp3) is 0.889. The van der Waals surface area contributed by atoms with E-state index in [-0.39, 0.29) is 17.9 Å². The van der Waals surface area contributed by atoms with Crippen molar-refractivity contribution in [1.82, 2.24) is 10.6 Å². The molecule has 13 heavy (non-hydrogen) atoms. The maximum absolute atomic E-state index is 11.2. The highest BCUT2D eigenvalue weighted by Gasteiger charge is 2.20. The van der Waals surface area contributed by atoms with E-state index < -0.39 is 0 Å². The van der Waals surface area contributed by atoms with Crippen molar-refractivity contribution in [2.75, 3.05) is 26.7 Å². The van der Waals surface area contributed by atoms with Crippen LogP contribution in [-0.4, -0.2) is 37.8 Å². The minimum Gasteiger partial charge on any atom is -0.396 e. The highest BCUT2D eigenvalue weighted by atomic mass is 16.3. The van der Waals surface area contributed by atoms with Crippen LogP contribution in [0.2, 0.25) is 0 Å². The molecular weight excluding hydrogens is 168 g/mol. The number of aliphatic hydroxyl groups excluding tert-OH is 1. The first-order chi connectivity index (χ1) is 6.02. The summed E-state index contributed by atoms with van der Waals surface area (Å²) in [4.78, 5) is 11.2. The third-order valence-electron chi connectivity index (χ3n) is 1.76. The molecule has 0 saturated heterocycles. The Morgan fingerprint density at radius 1 is 1.38 bits per heavy atom. The Balaban J connectivity index is 3.62. The molecule has 0 rings (SSSR count). The summed E-state index contributed by atoms with van der Waals surface area (Å²) >= 11 is 0. The van der Waals surface area contributed by atoms with Gasteiger partial charge in [0.25, 0.3) is 0 Å². The van der Waals surface area contributed by atoms with E-state index >= 15 is 0 Å². The highest BCUT2D eigenvalue weighted by molar-refractivity contribution is 5.76. The Kier molecular flexibility index (Phi) is 5.66. The summed E-state index contributed by atoms with van der Waals surface area (Å²) in [6, 6.07) is 0. The zero-order valence-corrected chi connectivity index (χ0v) is 8.68. The van der Waals surface area contributed by atoms with Gasteiger partial charge in [0.05, 0.1) is 0 Å². The van der Waals surface area contributed by atoms with E-state index in [9.17, 15) is 4.79 Å². The molecule has 0 atom stereocenters. The van der Waals surface area contributed by atoms with Crippen LogP contribution in [0.15, 0.2) is 0 Å². The van der Waals surface area contributed by atoms with E-state index in [0.29, 0.717) is 13.0 Å². The summed E-state index contributed by atoms with van der Waals surface area (Å²) < 4.78 is 0. The van der Waals surface area contributed by atoms with Gasteiger partial charge in [-0.15, -0.1) is 0 Å². The van der Waals surface area contributed by atoms with E-state index in [1.54, 1.807) is 0 Å². The number of aliphatic hydroxyl groups is 1. The Labute approximate surface area is 79.7 Å². The fourth-order valence-electron chi connectivity index (χ4n) is 0.880. The van der Waals surface area contributed by atoms with Crippen LogP contribution in [0.1, 0.15) is 20.3 Å². The fourth-order valence-corrected chi connectivity index (χ4v) is 0.880. The minimum absolute atomic E-state index is 0.00528. The molecule has 78 valence electrons. The lowest BCUT2D eigenvalue weighted by Crippen LogP contribution is -2.34. The van der Waals surface area contributed by atoms with Crippen LogP contribution < -0.4 is 10.6 Å². The third-order valence-corrected chi connectivity index (χ3v) is 1.76. The molecule has 0 spiro atoms. The van der Waals surface area contributed by atoms with Crippen LogP contribution in [0.3, 0.4) is 0 Å². The number of hydrogen-bond donors (Lipinski definition) is 3. The molecule has 0 aromatic heterocycles. The monoisotopic (exact) mass is 188 g/mol. The van der Waals surface area contributed by atoms with Gasteiger partial charge >= 0.3 is 0 Å². The number of rotatable bonds is 6. The van der Waals surface area contributed by atoms with Gasteiger partial charge < -0.3 is 15.7 Å². The number of carbonyl (C=O) groups is 1. The van der Waals surface area contributed by atoms with Crippen molar-refractivity contribution >= 4 is 5.91 Å². The molecule has 0 fully saturated rings. The largest absolute Gasteiger partial charge is 0.396 e. The van der Waals surface area contributed by atoms with Gasteiger partial charge in [-0.05, 0) is 12.5 Å². The summed E-state index contributed by atoms with van der Waals surface area (Å²) in [6.07, 6.45) is 0.368. The molecule has 0 aliphatic rings. The van der Waals surface area contributed by atoms with Gasteiger partial charge in [-0.1, -0.05) is 13.8 Å². The number of amides is 1. The van der Waals surface area contributed by atoms with Crippen molar-refractivity contribution in [2.24, 2.45) is 5.41 Å². The van der Waals surface area contributed by atoms with Gasteiger partial charge in [0.1, 0.15) is 0 Å². The van der Waals surface area contributed by atoms with Crippen LogP contribution >= 0.6 is 0 Å². The van der Waals surface area contributed by atoms with Gasteiger partial charge in [0.2, 0.25) is 5.91 Å². The topological polar surface area (TPSA) is 61.4 Å². The molecule has 0 aliphatic heterocycles. The maximum Gasteiger partial charge on any atom is 0.220 e. The van der Waals surface area contributed by atoms with Crippen molar-refractivity contribution in [2.45, 2.75) is 20.3 Å². The second-order valence-corrected chi connectivity index (χ2v) is 3.95. The SMILES string of the molecule is CNCCNC(=O)CC(C)(C)CO. The molecular formula is C9H20N2O2. The van der Waals surface area contributed by atoms with Crippen molar-refractivity contribution in [1.29, 1.82) is 0 Å². The molecule has 0 bridgehead atoms. The van der Waals surface area contributed by atoms with Crippen LogP contribution in [0, 0.1) is 5.41 Å². The molecule has 0 saturated carbocycles. The Morgan fingerprint density at radius 2 is 2.00 bits per heavy atom. The van der Waals surface area contributed by atoms with E-state index in [2.05, 4.69) is 10.6 Å². The summed E-state index contributed by atoms with van der Waals surface area (Å²) in [5.41, 5.74) is -0.316. The first-order valence-electron chi connectivity index (χ1n) is 4.54. The predicted octanol–water partition coefficient (Wildman–Crippen LogP) is -0.269. The van der Waals surface area contributed by atoms with Crippen LogP contribution in [0.5, 0.6) is 0 Å². The van der Waals surface area contributed by atoms with Crippen molar-refractivity contribution in [3.8, 4) is 0 Å². The van der Waals surface area contributed by atoms with Gasteiger partial charge in [-0.3, -0.25) is 4.79 Å². The lowest BCUT2D eigenvalue weighted by molar-refractivity contribution is -0.123. The molecule has 0 heterocycles. The summed E-state index contributed by atoms with van der Waals surface area (Å²) in [5, 5.41) is 14.6. The first-order valence-corrected chi connectivity index (χ1v) is 4.54. The van der Waals surface area contributed by atoms with Gasteiger partial charge in [-0.2, -0.15) is 0 Å². The van der Waals surface area contributed by atoms with E-state index in [1.165, 1.54) is 0 Å². The predicted molar refractivity (Wildman–Crippen MR) is 52.4 cm³/mol. The molecule has 0 unspecified atom stereocenters. The molecule has 0 aliphatic carbocycles. The molecule has 0 aromatic carbocycles. The van der Waals surface area contributed by atoms with Crippen molar-refractivity contribution < 1.29 is 9.90 Å². The smallest absolute Gasteiger partial charge is 0.220 e. The van der Waals surface area contributed by atoms with E-state index in [1.807, 2.05) is 20.9 Å². The molecule has 3 N–H and O–H groups in total. The number of hydrogen-bond acceptors (Lipinski definition) is 3. The number of nitrogens with one attached hydrogen (secondary N) is 2. The van der Waals surface area contributed by atoms with Crippen molar-refractivity contribution in [3.05, 3.63) is 0 Å². The molecule has 4 heteroatoms. The lowest BCUT2D eigenvalue weighted by Gasteiger charge is -2.20. The van der Waals surface area contributed by atoms with Gasteiger partial charge in [-0.25, -0.2) is 0 Å². The van der Waals surface area contributed by atoms with Crippen molar-refractivity contribution in [3.63, 3.8) is 0 Å². The second-order valence-electron chi connectivity index (χ2n) is 3.95. The number of carbonyl (C=O) groups excluding carboxylic acids is 1. The quantitative estimate of drug-likeness (QED) is 0.503. The van der Waals surface area contributed by atoms with E-state index in [4.69, 9.17) is 5.11 Å². The Hall–Kier alpha value is -0.610. The van der Waals surface area contributed by atoms with E-state index in [0.717, 1.165) is 6.54 Å². The highest BCUT2D eigenvalue weighted by Crippen LogP contribution is 2.18. The molecule has 1 amide bonds. The van der Waals surface area contributed by atoms with Crippen LogP contribution in [0.4, 0.5) is 0 Å². The average molecular weight is 188 g/mol.